The molecule has 520 valence electrons. The van der Waals surface area contributed by atoms with Crippen LogP contribution in [-0.2, 0) is 59.2 Å². The van der Waals surface area contributed by atoms with Crippen molar-refractivity contribution in [2.24, 2.45) is 47.2 Å². The second kappa shape index (κ2) is 41.7. The van der Waals surface area contributed by atoms with Gasteiger partial charge in [-0.3, -0.25) is 38.4 Å². The number of methoxy groups -OCH3 is 2. The molecule has 0 unspecified atom stereocenters. The van der Waals surface area contributed by atoms with Crippen molar-refractivity contribution < 1.29 is 67.3 Å². The Bertz CT molecular complexity index is 2640. The number of carbonyl (C=O) groups excluding carboxylic acids is 10. The van der Waals surface area contributed by atoms with E-state index in [-0.39, 0.29) is 125 Å². The summed E-state index contributed by atoms with van der Waals surface area (Å²) in [5.41, 5.74) is 6.89. The number of hydrogen-bond donors (Lipinski definition) is 6. The van der Waals surface area contributed by atoms with Crippen molar-refractivity contribution in [3.8, 4) is 0 Å². The molecule has 0 aliphatic carbocycles. The van der Waals surface area contributed by atoms with E-state index in [1.807, 2.05) is 59.7 Å². The molecule has 1 saturated heterocycles. The summed E-state index contributed by atoms with van der Waals surface area (Å²) in [6.07, 6.45) is 1.03. The third-order valence-electron chi connectivity index (χ3n) is 17.7. The Morgan fingerprint density at radius 2 is 1.36 bits per heavy atom. The highest BCUT2D eigenvalue weighted by molar-refractivity contribution is 5.97. The SMILES string of the molecule is C.C.CCC(=O)CCCCC(=O)N[C@H](C(=O)C[C@@H](CCCNC(N)=O)C(=O)Nc1ccc(COC(=O)N(C)[C@H](C(=O)C[C@H](C(=O)N(C)[C@@H]([C@@H](C)CC)[C@@H](CC(=O)N2CCC[C@@H]2[C@@H](OC)[C@H](C)C(=O)N[C@@H](C)[C@H](O)c2ccccc2)OC)C(C)C)C(C)C)cc1)C(C)C. The number of ether oxygens (including phenoxy) is 3. The van der Waals surface area contributed by atoms with Gasteiger partial charge in [0.1, 0.15) is 12.4 Å². The fourth-order valence-electron chi connectivity index (χ4n) is 12.1. The van der Waals surface area contributed by atoms with Crippen LogP contribution in [0.15, 0.2) is 54.6 Å². The molecular formula is C70H116N8O14. The largest absolute Gasteiger partial charge is 0.445 e. The number of nitrogens with two attached hydrogens (primary N) is 1. The molecule has 0 spiro atoms. The first kappa shape index (κ1) is 83.2. The van der Waals surface area contributed by atoms with Crippen molar-refractivity contribution in [1.29, 1.82) is 0 Å². The molecule has 0 saturated carbocycles. The highest BCUT2D eigenvalue weighted by atomic mass is 16.6. The normalized spacial score (nSPS) is 16.6. The Labute approximate surface area is 549 Å². The van der Waals surface area contributed by atoms with Crippen LogP contribution in [0.25, 0.3) is 0 Å². The Kier molecular flexibility index (Phi) is 37.8. The van der Waals surface area contributed by atoms with Crippen molar-refractivity contribution >= 4 is 64.7 Å². The molecule has 92 heavy (non-hydrogen) atoms. The number of aliphatic hydroxyl groups is 1. The number of nitrogens with zero attached hydrogens (tertiary/aromatic N) is 3. The number of Topliss-reactive ketones (excluding diaryl/α,β-unsaturated/α-hetero) is 3. The first-order valence-corrected chi connectivity index (χ1v) is 32.4. The van der Waals surface area contributed by atoms with E-state index < -0.39 is 84.3 Å². The Morgan fingerprint density at radius 1 is 0.728 bits per heavy atom. The highest BCUT2D eigenvalue weighted by Gasteiger charge is 2.44. The number of aliphatic hydroxyl groups excluding tert-OH is 1. The zero-order valence-electron chi connectivity index (χ0n) is 56.3. The van der Waals surface area contributed by atoms with Crippen molar-refractivity contribution in [2.45, 2.75) is 230 Å². The predicted octanol–water partition coefficient (Wildman–Crippen LogP) is 9.58. The van der Waals surface area contributed by atoms with Crippen LogP contribution < -0.4 is 27.0 Å². The quantitative estimate of drug-likeness (QED) is 0.0339. The maximum absolute atomic E-state index is 14.9. The molecule has 22 heteroatoms. The van der Waals surface area contributed by atoms with Crippen molar-refractivity contribution in [2.75, 3.05) is 46.7 Å². The standard InChI is InChI=1S/C68H108N8O14.2CH4/c1-16-44(9)61(56(88-14)39-58(81)76-36-24-29-53(76)63(89-15)45(10)64(83)71-46(11)62(82)48-25-19-18-20-26-48)74(12)66(85)52(41(3)4)38-55(79)60(43(7)8)75(13)68(87)90-40-47-31-33-50(34-32-47)72-65(84)49(27-23-35-70-67(69)86)37-54(78)59(42(5)6)73-57(80)30-22-21-28-51(77)17-2;;/h18-20,25-26,31-34,41-46,49,52-53,56,59-63,82H,16-17,21-24,27-30,35-40H2,1-15H3,(H,71,83)(H,72,84)(H,73,80)(H3,69,70,86);2*1H4/t44-,45-,46-,49+,52-,53+,56+,59-,60-,61-,62-,63-;;/m0../s1. The summed E-state index contributed by atoms with van der Waals surface area (Å²) in [5, 5.41) is 22.1. The zero-order valence-corrected chi connectivity index (χ0v) is 56.3. The van der Waals surface area contributed by atoms with Gasteiger partial charge in [-0.25, -0.2) is 9.59 Å². The van der Waals surface area contributed by atoms with Gasteiger partial charge in [-0.1, -0.05) is 133 Å². The number of unbranched alkanes of at least 4 members (excludes halogenated alkanes) is 1. The number of urea groups is 1. The summed E-state index contributed by atoms with van der Waals surface area (Å²) in [5.74, 6) is -5.52. The molecule has 3 rings (SSSR count). The van der Waals surface area contributed by atoms with Gasteiger partial charge in [0.05, 0.1) is 60.9 Å². The molecule has 0 bridgehead atoms. The van der Waals surface area contributed by atoms with E-state index in [2.05, 4.69) is 21.3 Å². The molecule has 8 amide bonds. The van der Waals surface area contributed by atoms with Gasteiger partial charge in [-0.2, -0.15) is 0 Å². The lowest BCUT2D eigenvalue weighted by atomic mass is 9.83. The molecule has 2 aromatic rings. The predicted molar refractivity (Wildman–Crippen MR) is 359 cm³/mol. The molecule has 1 fully saturated rings. The van der Waals surface area contributed by atoms with E-state index in [9.17, 15) is 53.1 Å². The van der Waals surface area contributed by atoms with Gasteiger partial charge in [0.25, 0.3) is 0 Å². The van der Waals surface area contributed by atoms with Crippen LogP contribution >= 0.6 is 0 Å². The number of amides is 8. The third kappa shape index (κ3) is 25.6. The van der Waals surface area contributed by atoms with Gasteiger partial charge >= 0.3 is 12.1 Å². The van der Waals surface area contributed by atoms with Gasteiger partial charge in [-0.15, -0.1) is 0 Å². The van der Waals surface area contributed by atoms with Crippen LogP contribution in [-0.4, -0.2) is 163 Å². The number of rotatable bonds is 40. The van der Waals surface area contributed by atoms with Crippen molar-refractivity contribution in [3.05, 3.63) is 65.7 Å². The lowest BCUT2D eigenvalue weighted by Gasteiger charge is -2.41. The maximum Gasteiger partial charge on any atom is 0.410 e. The molecule has 1 aliphatic rings. The van der Waals surface area contributed by atoms with E-state index in [0.717, 1.165) is 0 Å². The van der Waals surface area contributed by atoms with Gasteiger partial charge in [0.15, 0.2) is 11.6 Å². The molecule has 1 heterocycles. The summed E-state index contributed by atoms with van der Waals surface area (Å²) in [6, 6.07) is 11.5. The number of likely N-dealkylation sites (N-methyl/N-ethyl adjacent to an activating group) is 2. The third-order valence-corrected chi connectivity index (χ3v) is 17.7. The van der Waals surface area contributed by atoms with E-state index in [1.165, 1.54) is 26.2 Å². The molecule has 7 N–H and O–H groups in total. The number of primary amides is 1. The maximum atomic E-state index is 14.9. The molecule has 2 aromatic carbocycles. The van der Waals surface area contributed by atoms with Crippen molar-refractivity contribution in [1.82, 2.24) is 30.7 Å². The molecule has 1 aliphatic heterocycles. The summed E-state index contributed by atoms with van der Waals surface area (Å²) in [6.45, 7) is 20.7. The Morgan fingerprint density at radius 3 is 1.91 bits per heavy atom. The molecule has 0 aromatic heterocycles. The Hall–Kier alpha value is -6.78. The number of anilines is 1. The second-order valence-electron chi connectivity index (χ2n) is 25.5. The summed E-state index contributed by atoms with van der Waals surface area (Å²) >= 11 is 0. The minimum atomic E-state index is -0.960. The van der Waals surface area contributed by atoms with Gasteiger partial charge in [0, 0.05) is 91.0 Å². The average Bonchev–Trinajstić information content (AvgIpc) is 1.38. The molecule has 22 nitrogen and oxygen atoms in total. The lowest BCUT2D eigenvalue weighted by molar-refractivity contribution is -0.149. The monoisotopic (exact) mass is 1290 g/mol. The van der Waals surface area contributed by atoms with Crippen LogP contribution in [0.4, 0.5) is 15.3 Å². The van der Waals surface area contributed by atoms with Crippen LogP contribution in [0.1, 0.15) is 192 Å². The number of ketones is 3. The second-order valence-corrected chi connectivity index (χ2v) is 25.5. The van der Waals surface area contributed by atoms with Gasteiger partial charge in [-0.05, 0) is 92.4 Å². The van der Waals surface area contributed by atoms with E-state index in [0.29, 0.717) is 74.7 Å². The fraction of sp³-hybridized carbons (Fsp3) is 0.686. The van der Waals surface area contributed by atoms with Crippen LogP contribution in [0.2, 0.25) is 0 Å². The van der Waals surface area contributed by atoms with Crippen LogP contribution in [0, 0.1) is 41.4 Å². The van der Waals surface area contributed by atoms with E-state index >= 15 is 0 Å². The smallest absolute Gasteiger partial charge is 0.410 e. The number of nitrogens with one attached hydrogen (secondary N) is 4. The topological polar surface area (TPSA) is 302 Å². The van der Waals surface area contributed by atoms with Gasteiger partial charge < -0.3 is 61.0 Å². The van der Waals surface area contributed by atoms with Crippen LogP contribution in [0.5, 0.6) is 0 Å². The number of hydrogen-bond acceptors (Lipinski definition) is 14. The minimum absolute atomic E-state index is 0. The van der Waals surface area contributed by atoms with E-state index in [4.69, 9.17) is 19.9 Å². The number of carbonyl (C=O) groups is 10. The van der Waals surface area contributed by atoms with Crippen molar-refractivity contribution in [3.63, 3.8) is 0 Å². The highest BCUT2D eigenvalue weighted by Crippen LogP contribution is 2.32. The summed E-state index contributed by atoms with van der Waals surface area (Å²) in [7, 11) is 6.21. The average molecular weight is 1290 g/mol. The molecule has 12 atom stereocenters. The first-order valence-electron chi connectivity index (χ1n) is 32.4. The summed E-state index contributed by atoms with van der Waals surface area (Å²) < 4.78 is 17.8. The molecular weight excluding hydrogens is 1180 g/mol. The van der Waals surface area contributed by atoms with E-state index in [1.54, 1.807) is 87.9 Å². The minimum Gasteiger partial charge on any atom is -0.445 e. The van der Waals surface area contributed by atoms with Crippen LogP contribution in [0.3, 0.4) is 0 Å². The summed E-state index contributed by atoms with van der Waals surface area (Å²) in [4.78, 5) is 139. The fourth-order valence-corrected chi connectivity index (χ4v) is 12.1. The zero-order chi connectivity index (χ0) is 67.5. The molecule has 0 radical (unpaired) electrons. The Balaban J connectivity index is 0.0000212. The number of likely N-dealkylation sites (tertiary alicyclic amines) is 1. The number of benzene rings is 2. The van der Waals surface area contributed by atoms with Gasteiger partial charge in [0.2, 0.25) is 29.5 Å². The lowest BCUT2D eigenvalue weighted by Crippen LogP contribution is -2.55. The first-order chi connectivity index (χ1) is 42.5.